The Hall–Kier alpha value is -3.71. The minimum absolute atomic E-state index is 0.564. The molecule has 0 amide bonds. The van der Waals surface area contributed by atoms with Gasteiger partial charge in [0, 0.05) is 28.0 Å². The van der Waals surface area contributed by atoms with Gasteiger partial charge in [0.1, 0.15) is 12.1 Å². The summed E-state index contributed by atoms with van der Waals surface area (Å²) >= 11 is 6.53. The zero-order valence-corrected chi connectivity index (χ0v) is 16.1. The summed E-state index contributed by atoms with van der Waals surface area (Å²) in [7, 11) is 0. The molecule has 4 rings (SSSR count). The highest BCUT2D eigenvalue weighted by atomic mass is 35.5. The molecule has 0 fully saturated rings. The van der Waals surface area contributed by atoms with Gasteiger partial charge in [0.05, 0.1) is 11.9 Å². The van der Waals surface area contributed by atoms with E-state index < -0.39 is 0 Å². The first-order valence-corrected chi connectivity index (χ1v) is 9.25. The van der Waals surface area contributed by atoms with Crippen molar-refractivity contribution in [1.29, 1.82) is 0 Å². The molecule has 29 heavy (non-hydrogen) atoms. The lowest BCUT2D eigenvalue weighted by molar-refractivity contribution is 1.15. The van der Waals surface area contributed by atoms with E-state index in [0.29, 0.717) is 28.8 Å². The van der Waals surface area contributed by atoms with Gasteiger partial charge in [-0.1, -0.05) is 17.7 Å². The first-order chi connectivity index (χ1) is 14.1. The molecule has 0 radical (unpaired) electrons. The predicted octanol–water partition coefficient (Wildman–Crippen LogP) is 4.21. The Morgan fingerprint density at radius 3 is 2.76 bits per heavy atom. The number of nitrogens with zero attached hydrogens (tertiary/aromatic N) is 4. The highest BCUT2D eigenvalue weighted by Gasteiger charge is 2.08. The number of hydrogen-bond acceptors (Lipinski definition) is 6. The number of nitrogens with one attached hydrogen (secondary N) is 1. The monoisotopic (exact) mass is 403 g/mol. The topological polar surface area (TPSA) is 115 Å². The fourth-order valence-corrected chi connectivity index (χ4v) is 3.26. The Balaban J connectivity index is 1.58. The second-order valence-corrected chi connectivity index (χ2v) is 6.81. The summed E-state index contributed by atoms with van der Waals surface area (Å²) in [5, 5.41) is 4.79. The molecular weight excluding hydrogens is 386 g/mol. The maximum Gasteiger partial charge on any atom is 0.153 e. The van der Waals surface area contributed by atoms with Crippen molar-refractivity contribution in [1.82, 2.24) is 15.0 Å². The normalized spacial score (nSPS) is 11.2. The molecule has 2 aromatic carbocycles. The molecule has 8 heteroatoms. The van der Waals surface area contributed by atoms with Gasteiger partial charge >= 0.3 is 0 Å². The minimum Gasteiger partial charge on any atom is -0.399 e. The summed E-state index contributed by atoms with van der Waals surface area (Å²) in [5.41, 5.74) is 15.6. The first kappa shape index (κ1) is 18.6. The van der Waals surface area contributed by atoms with E-state index in [4.69, 9.17) is 23.1 Å². The van der Waals surface area contributed by atoms with Crippen LogP contribution < -0.4 is 16.8 Å². The molecule has 2 aromatic heterocycles. The summed E-state index contributed by atoms with van der Waals surface area (Å²) in [4.78, 5) is 16.8. The molecule has 144 valence electrons. The number of anilines is 3. The van der Waals surface area contributed by atoms with Crippen LogP contribution in [0.3, 0.4) is 0 Å². The van der Waals surface area contributed by atoms with Gasteiger partial charge in [0.15, 0.2) is 5.82 Å². The Morgan fingerprint density at radius 1 is 1.03 bits per heavy atom. The van der Waals surface area contributed by atoms with E-state index in [1.54, 1.807) is 6.20 Å². The number of rotatable bonds is 5. The summed E-state index contributed by atoms with van der Waals surface area (Å²) in [6.07, 6.45) is 5.10. The zero-order chi connectivity index (χ0) is 20.2. The fourth-order valence-electron chi connectivity index (χ4n) is 3.02. The molecule has 2 heterocycles. The lowest BCUT2D eigenvalue weighted by atomic mass is 10.1. The van der Waals surface area contributed by atoms with Crippen LogP contribution in [0.2, 0.25) is 5.02 Å². The molecule has 4 aromatic rings. The Morgan fingerprint density at radius 2 is 1.93 bits per heavy atom. The second-order valence-electron chi connectivity index (χ2n) is 6.41. The van der Waals surface area contributed by atoms with Gasteiger partial charge in [-0.25, -0.2) is 19.9 Å². The van der Waals surface area contributed by atoms with E-state index in [9.17, 15) is 0 Å². The van der Waals surface area contributed by atoms with Crippen LogP contribution in [0, 0.1) is 0 Å². The van der Waals surface area contributed by atoms with Crippen molar-refractivity contribution in [2.45, 2.75) is 6.42 Å². The predicted molar refractivity (Wildman–Crippen MR) is 118 cm³/mol. The number of pyridine rings is 1. The van der Waals surface area contributed by atoms with E-state index in [-0.39, 0.29) is 0 Å². The molecule has 0 atom stereocenters. The van der Waals surface area contributed by atoms with Gasteiger partial charge in [-0.05, 0) is 60.0 Å². The van der Waals surface area contributed by atoms with Crippen LogP contribution in [-0.4, -0.2) is 21.3 Å². The fraction of sp³-hybridized carbons (Fsp3) is 0.0476. The number of aromatic nitrogens is 3. The molecule has 0 aliphatic heterocycles. The maximum atomic E-state index is 6.53. The molecule has 0 bridgehead atoms. The van der Waals surface area contributed by atoms with Crippen LogP contribution >= 0.6 is 11.6 Å². The Bertz CT molecular complexity index is 1210. The van der Waals surface area contributed by atoms with Gasteiger partial charge in [0.2, 0.25) is 0 Å². The lowest BCUT2D eigenvalue weighted by Crippen LogP contribution is -1.98. The number of nitrogens with two attached hydrogens (primary N) is 2. The molecule has 0 aliphatic carbocycles. The summed E-state index contributed by atoms with van der Waals surface area (Å²) in [6, 6.07) is 15.1. The number of hydrogen-bond donors (Lipinski definition) is 3. The third-order valence-corrected chi connectivity index (χ3v) is 4.74. The van der Waals surface area contributed by atoms with Crippen molar-refractivity contribution in [3.8, 4) is 0 Å². The summed E-state index contributed by atoms with van der Waals surface area (Å²) in [5.74, 6) is 1.24. The Kier molecular flexibility index (Phi) is 5.22. The van der Waals surface area contributed by atoms with Crippen LogP contribution in [-0.2, 0) is 6.42 Å². The lowest BCUT2D eigenvalue weighted by Gasteiger charge is -2.11. The maximum absolute atomic E-state index is 6.53. The smallest absolute Gasteiger partial charge is 0.153 e. The van der Waals surface area contributed by atoms with Crippen LogP contribution in [0.4, 0.5) is 23.0 Å². The van der Waals surface area contributed by atoms with E-state index in [1.807, 2.05) is 48.5 Å². The van der Waals surface area contributed by atoms with Crippen LogP contribution in [0.1, 0.15) is 11.1 Å². The van der Waals surface area contributed by atoms with Crippen LogP contribution in [0.25, 0.3) is 10.9 Å². The largest absolute Gasteiger partial charge is 0.399 e. The summed E-state index contributed by atoms with van der Waals surface area (Å²) in [6.45, 7) is 0. The molecule has 0 spiro atoms. The van der Waals surface area contributed by atoms with Gasteiger partial charge < -0.3 is 16.8 Å². The standard InChI is InChI=1S/C21H18ClN7/c22-18-10-16(29-21-17-9-15(24)2-4-19(17)27-12-28-21)3-1-14(18)7-13-5-6-25-20(8-13)26-11-23/h1-6,8-12H,7,24H2,(H2,23,25,26)(H,27,28,29). The number of fused-ring (bicyclic) bond motifs is 1. The van der Waals surface area contributed by atoms with Gasteiger partial charge in [-0.3, -0.25) is 0 Å². The molecule has 5 N–H and O–H groups in total. The molecule has 0 saturated carbocycles. The molecular formula is C21H18ClN7. The second kappa shape index (κ2) is 8.12. The van der Waals surface area contributed by atoms with E-state index >= 15 is 0 Å². The number of aliphatic imine (C=N–C) groups is 1. The number of halogens is 1. The van der Waals surface area contributed by atoms with E-state index in [0.717, 1.165) is 27.7 Å². The number of nitrogen functional groups attached to an aromatic ring is 1. The zero-order valence-electron chi connectivity index (χ0n) is 15.4. The van der Waals surface area contributed by atoms with Crippen LogP contribution in [0.15, 0.2) is 66.0 Å². The number of benzene rings is 2. The average Bonchev–Trinajstić information content (AvgIpc) is 2.71. The molecule has 0 saturated heterocycles. The summed E-state index contributed by atoms with van der Waals surface area (Å²) < 4.78 is 0. The third-order valence-electron chi connectivity index (χ3n) is 4.39. The van der Waals surface area contributed by atoms with Crippen molar-refractivity contribution in [2.24, 2.45) is 10.7 Å². The quantitative estimate of drug-likeness (QED) is 0.261. The molecule has 7 nitrogen and oxygen atoms in total. The van der Waals surface area contributed by atoms with Crippen molar-refractivity contribution in [2.75, 3.05) is 11.1 Å². The van der Waals surface area contributed by atoms with E-state index in [2.05, 4.69) is 25.3 Å². The SMILES string of the molecule is NC=Nc1cc(Cc2ccc(Nc3ncnc4ccc(N)cc34)cc2Cl)ccn1. The highest BCUT2D eigenvalue weighted by molar-refractivity contribution is 6.31. The van der Waals surface area contributed by atoms with Crippen molar-refractivity contribution >= 4 is 51.9 Å². The van der Waals surface area contributed by atoms with E-state index in [1.165, 1.54) is 12.7 Å². The molecule has 0 aliphatic rings. The highest BCUT2D eigenvalue weighted by Crippen LogP contribution is 2.28. The minimum atomic E-state index is 0.564. The first-order valence-electron chi connectivity index (χ1n) is 8.87. The third kappa shape index (κ3) is 4.25. The van der Waals surface area contributed by atoms with Gasteiger partial charge in [0.25, 0.3) is 0 Å². The average molecular weight is 404 g/mol. The van der Waals surface area contributed by atoms with Gasteiger partial charge in [-0.2, -0.15) is 0 Å². The molecule has 0 unspecified atom stereocenters. The van der Waals surface area contributed by atoms with Crippen molar-refractivity contribution < 1.29 is 0 Å². The Labute approximate surface area is 172 Å². The van der Waals surface area contributed by atoms with Crippen LogP contribution in [0.5, 0.6) is 0 Å². The van der Waals surface area contributed by atoms with Crippen molar-refractivity contribution in [3.05, 3.63) is 77.2 Å². The van der Waals surface area contributed by atoms with Crippen molar-refractivity contribution in [3.63, 3.8) is 0 Å². The van der Waals surface area contributed by atoms with Gasteiger partial charge in [-0.15, -0.1) is 0 Å².